The number of halogens is 3. The second-order valence-electron chi connectivity index (χ2n) is 11.2. The highest BCUT2D eigenvalue weighted by molar-refractivity contribution is 7.88. The minimum Gasteiger partial charge on any atom is -0.483 e. The molecular weight excluding hydrogens is 601 g/mol. The maximum absolute atomic E-state index is 13.7. The van der Waals surface area contributed by atoms with Gasteiger partial charge in [-0.25, -0.2) is 8.42 Å². The predicted octanol–water partition coefficient (Wildman–Crippen LogP) is 3.55. The number of anilines is 1. The highest BCUT2D eigenvalue weighted by Gasteiger charge is 2.45. The van der Waals surface area contributed by atoms with Gasteiger partial charge in [-0.15, -0.1) is 0 Å². The van der Waals surface area contributed by atoms with Crippen molar-refractivity contribution in [3.05, 3.63) is 59.2 Å². The van der Waals surface area contributed by atoms with Crippen LogP contribution in [0.3, 0.4) is 0 Å². The molecule has 2 aromatic rings. The molecule has 1 saturated heterocycles. The lowest BCUT2D eigenvalue weighted by molar-refractivity contribution is -0.142. The number of hydrogen-bond acceptors (Lipinski definition) is 7. The van der Waals surface area contributed by atoms with E-state index in [-0.39, 0.29) is 56.6 Å². The van der Waals surface area contributed by atoms with Gasteiger partial charge in [0.15, 0.2) is 6.61 Å². The molecule has 2 N–H and O–H groups in total. The summed E-state index contributed by atoms with van der Waals surface area (Å²) in [5, 5.41) is 23.5. The van der Waals surface area contributed by atoms with Crippen molar-refractivity contribution >= 4 is 27.5 Å². The van der Waals surface area contributed by atoms with Crippen LogP contribution in [0.2, 0.25) is 0 Å². The first-order valence-electron chi connectivity index (χ1n) is 14.3. The van der Waals surface area contributed by atoms with Crippen LogP contribution >= 0.6 is 0 Å². The van der Waals surface area contributed by atoms with E-state index in [2.05, 4.69) is 5.32 Å². The number of alkyl halides is 3. The number of amides is 2. The van der Waals surface area contributed by atoms with Crippen molar-refractivity contribution in [2.75, 3.05) is 44.4 Å². The van der Waals surface area contributed by atoms with Crippen molar-refractivity contribution < 1.29 is 41.0 Å². The predicted molar refractivity (Wildman–Crippen MR) is 155 cm³/mol. The van der Waals surface area contributed by atoms with E-state index in [1.54, 1.807) is 24.3 Å². The Labute approximate surface area is 254 Å². The van der Waals surface area contributed by atoms with Gasteiger partial charge < -0.3 is 20.1 Å². The van der Waals surface area contributed by atoms with Crippen molar-refractivity contribution in [1.29, 1.82) is 5.26 Å². The number of carbonyl (C=O) groups excluding carboxylic acids is 2. The van der Waals surface area contributed by atoms with E-state index in [0.29, 0.717) is 24.5 Å². The Morgan fingerprint density at radius 2 is 1.73 bits per heavy atom. The highest BCUT2D eigenvalue weighted by Crippen LogP contribution is 2.38. The molecule has 1 atom stereocenters. The Bertz CT molecular complexity index is 1510. The molecule has 1 aliphatic carbocycles. The quantitative estimate of drug-likeness (QED) is 0.429. The van der Waals surface area contributed by atoms with Gasteiger partial charge in [0, 0.05) is 38.3 Å². The molecule has 1 aliphatic heterocycles. The average Bonchev–Trinajstić information content (AvgIpc) is 3.00. The van der Waals surface area contributed by atoms with Crippen molar-refractivity contribution in [2.45, 2.75) is 50.3 Å². The summed E-state index contributed by atoms with van der Waals surface area (Å²) in [6, 6.07) is 10.9. The number of aliphatic hydroxyl groups is 1. The van der Waals surface area contributed by atoms with Crippen LogP contribution in [0.5, 0.6) is 5.75 Å². The third kappa shape index (κ3) is 7.88. The van der Waals surface area contributed by atoms with Gasteiger partial charge in [0.05, 0.1) is 23.5 Å². The number of benzene rings is 2. The standard InChI is InChI=1S/C30H35F3N4O6S/c1-44(41,42)37-15-13-36(14-16-37)27(38)20-43-26-10-6-5-7-21(26)18-29(40,23-8-3-2-4-9-23)28(39)35-24-12-11-22(19-34)25(17-24)30(31,32)33/h5-7,10-12,17,23,40H,2-4,8-9,13-16,18,20H2,1H3,(H,35,39). The van der Waals surface area contributed by atoms with E-state index in [4.69, 9.17) is 10.00 Å². The number of piperazine rings is 1. The van der Waals surface area contributed by atoms with Crippen molar-refractivity contribution in [3.63, 3.8) is 0 Å². The summed E-state index contributed by atoms with van der Waals surface area (Å²) in [5.74, 6) is -1.46. The van der Waals surface area contributed by atoms with Crippen LogP contribution in [0.4, 0.5) is 18.9 Å². The molecule has 2 aromatic carbocycles. The fourth-order valence-corrected chi connectivity index (χ4v) is 6.59. The third-order valence-corrected chi connectivity index (χ3v) is 9.52. The molecule has 0 radical (unpaired) electrons. The topological polar surface area (TPSA) is 140 Å². The van der Waals surface area contributed by atoms with Crippen LogP contribution in [-0.2, 0) is 32.2 Å². The molecule has 10 nitrogen and oxygen atoms in total. The Morgan fingerprint density at radius 3 is 2.34 bits per heavy atom. The second-order valence-corrected chi connectivity index (χ2v) is 13.2. The van der Waals surface area contributed by atoms with Gasteiger partial charge in [0.25, 0.3) is 11.8 Å². The fraction of sp³-hybridized carbons (Fsp3) is 0.500. The van der Waals surface area contributed by atoms with E-state index in [1.807, 2.05) is 0 Å². The lowest BCUT2D eigenvalue weighted by atomic mass is 9.73. The van der Waals surface area contributed by atoms with Gasteiger partial charge >= 0.3 is 6.18 Å². The van der Waals surface area contributed by atoms with Crippen molar-refractivity contribution in [2.24, 2.45) is 5.92 Å². The zero-order valence-electron chi connectivity index (χ0n) is 24.3. The van der Waals surface area contributed by atoms with Gasteiger partial charge in [0.1, 0.15) is 11.4 Å². The highest BCUT2D eigenvalue weighted by atomic mass is 32.2. The summed E-state index contributed by atoms with van der Waals surface area (Å²) in [4.78, 5) is 28.0. The molecular formula is C30H35F3N4O6S. The number of carbonyl (C=O) groups is 2. The van der Waals surface area contributed by atoms with Crippen LogP contribution in [-0.4, -0.2) is 79.2 Å². The van der Waals surface area contributed by atoms with Crippen molar-refractivity contribution in [1.82, 2.24) is 9.21 Å². The first-order valence-corrected chi connectivity index (χ1v) is 16.2. The van der Waals surface area contributed by atoms with Gasteiger partial charge in [-0.2, -0.15) is 22.7 Å². The molecule has 1 unspecified atom stereocenters. The first-order chi connectivity index (χ1) is 20.7. The number of nitriles is 1. The third-order valence-electron chi connectivity index (χ3n) is 8.22. The van der Waals surface area contributed by atoms with E-state index >= 15 is 0 Å². The molecule has 14 heteroatoms. The van der Waals surface area contributed by atoms with Gasteiger partial charge in [0.2, 0.25) is 10.0 Å². The molecule has 1 heterocycles. The number of sulfonamides is 1. The summed E-state index contributed by atoms with van der Waals surface area (Å²) < 4.78 is 71.3. The summed E-state index contributed by atoms with van der Waals surface area (Å²) in [6.45, 7) is 0.423. The first kappa shape index (κ1) is 33.2. The Kier molecular flexibility index (Phi) is 10.2. The van der Waals surface area contributed by atoms with Crippen LogP contribution in [0.15, 0.2) is 42.5 Å². The largest absolute Gasteiger partial charge is 0.483 e. The molecule has 0 aromatic heterocycles. The van der Waals surface area contributed by atoms with E-state index in [0.717, 1.165) is 31.6 Å². The number of rotatable bonds is 9. The van der Waals surface area contributed by atoms with Crippen LogP contribution in [0, 0.1) is 17.2 Å². The van der Waals surface area contributed by atoms with Gasteiger partial charge in [-0.3, -0.25) is 9.59 Å². The van der Waals surface area contributed by atoms with Crippen LogP contribution in [0.1, 0.15) is 48.8 Å². The number of para-hydroxylation sites is 1. The SMILES string of the molecule is CS(=O)(=O)N1CCN(C(=O)COc2ccccc2CC(O)(C(=O)Nc2ccc(C#N)c(C(F)(F)F)c2)C2CCCCC2)CC1. The Balaban J connectivity index is 1.52. The fourth-order valence-electron chi connectivity index (χ4n) is 5.76. The summed E-state index contributed by atoms with van der Waals surface area (Å²) >= 11 is 0. The number of nitrogens with zero attached hydrogens (tertiary/aromatic N) is 3. The molecule has 2 aliphatic rings. The molecule has 1 saturated carbocycles. The van der Waals surface area contributed by atoms with Crippen LogP contribution in [0.25, 0.3) is 0 Å². The smallest absolute Gasteiger partial charge is 0.417 e. The van der Waals surface area contributed by atoms with E-state index in [9.17, 15) is 36.3 Å². The normalized spacial score (nSPS) is 18.2. The molecule has 44 heavy (non-hydrogen) atoms. The second kappa shape index (κ2) is 13.5. The number of hydrogen-bond donors (Lipinski definition) is 2. The zero-order valence-corrected chi connectivity index (χ0v) is 25.1. The average molecular weight is 637 g/mol. The summed E-state index contributed by atoms with van der Waals surface area (Å²) in [7, 11) is -3.36. The maximum Gasteiger partial charge on any atom is 0.417 e. The molecule has 0 bridgehead atoms. The summed E-state index contributed by atoms with van der Waals surface area (Å²) in [6.07, 6.45) is -0.381. The number of ether oxygens (including phenoxy) is 1. The zero-order chi connectivity index (χ0) is 32.1. The Hall–Kier alpha value is -3.67. The minimum atomic E-state index is -4.82. The molecule has 238 valence electrons. The maximum atomic E-state index is 13.7. The number of nitrogens with one attached hydrogen (secondary N) is 1. The molecule has 0 spiro atoms. The molecule has 2 amide bonds. The van der Waals surface area contributed by atoms with Crippen molar-refractivity contribution in [3.8, 4) is 11.8 Å². The van der Waals surface area contributed by atoms with E-state index in [1.165, 1.54) is 21.3 Å². The minimum absolute atomic E-state index is 0.175. The van der Waals surface area contributed by atoms with Gasteiger partial charge in [-0.1, -0.05) is 37.5 Å². The van der Waals surface area contributed by atoms with Gasteiger partial charge in [-0.05, 0) is 48.6 Å². The molecule has 4 rings (SSSR count). The monoisotopic (exact) mass is 636 g/mol. The lowest BCUT2D eigenvalue weighted by Gasteiger charge is -2.37. The lowest BCUT2D eigenvalue weighted by Crippen LogP contribution is -2.52. The van der Waals surface area contributed by atoms with Crippen LogP contribution < -0.4 is 10.1 Å². The Morgan fingerprint density at radius 1 is 1.07 bits per heavy atom. The molecule has 2 fully saturated rings. The summed E-state index contributed by atoms with van der Waals surface area (Å²) in [5.41, 5.74) is -3.57. The van der Waals surface area contributed by atoms with E-state index < -0.39 is 44.8 Å².